The van der Waals surface area contributed by atoms with E-state index < -0.39 is 10.0 Å². The van der Waals surface area contributed by atoms with E-state index in [0.29, 0.717) is 31.9 Å². The lowest BCUT2D eigenvalue weighted by molar-refractivity contribution is 0.0628. The highest BCUT2D eigenvalue weighted by Gasteiger charge is 2.26. The number of anilines is 1. The molecule has 2 heterocycles. The van der Waals surface area contributed by atoms with E-state index in [1.807, 2.05) is 44.2 Å². The number of carbonyl (C=O) groups is 1. The largest absolute Gasteiger partial charge is 0.454 e. The number of hydrogen-bond acceptors (Lipinski definition) is 6. The van der Waals surface area contributed by atoms with Crippen LogP contribution >= 0.6 is 11.6 Å². The first-order valence-corrected chi connectivity index (χ1v) is 13.9. The quantitative estimate of drug-likeness (QED) is 0.496. The Morgan fingerprint density at radius 3 is 2.49 bits per heavy atom. The lowest BCUT2D eigenvalue weighted by Gasteiger charge is -2.35. The zero-order chi connectivity index (χ0) is 26.2. The molecule has 2 aliphatic rings. The molecular formula is C27H28ClN3O5S. The van der Waals surface area contributed by atoms with Crippen molar-refractivity contribution in [3.8, 4) is 11.5 Å². The summed E-state index contributed by atoms with van der Waals surface area (Å²) in [7, 11) is -4.00. The fourth-order valence-electron chi connectivity index (χ4n) is 4.48. The fraction of sp³-hybridized carbons (Fsp3) is 0.296. The number of hydrogen-bond donors (Lipinski definition) is 1. The van der Waals surface area contributed by atoms with Gasteiger partial charge in [0, 0.05) is 38.3 Å². The van der Waals surface area contributed by atoms with Crippen LogP contribution in [0.15, 0.2) is 59.5 Å². The topological polar surface area (TPSA) is 88.2 Å². The van der Waals surface area contributed by atoms with Crippen LogP contribution in [0.3, 0.4) is 0 Å². The molecule has 3 aromatic rings. The molecule has 2 aliphatic heterocycles. The Labute approximate surface area is 221 Å². The van der Waals surface area contributed by atoms with Crippen molar-refractivity contribution < 1.29 is 22.7 Å². The van der Waals surface area contributed by atoms with Crippen LogP contribution < -0.4 is 14.2 Å². The minimum Gasteiger partial charge on any atom is -0.454 e. The summed E-state index contributed by atoms with van der Waals surface area (Å²) < 4.78 is 39.8. The van der Waals surface area contributed by atoms with Crippen molar-refractivity contribution in [3.05, 3.63) is 81.9 Å². The van der Waals surface area contributed by atoms with Gasteiger partial charge in [0.2, 0.25) is 6.79 Å². The first-order chi connectivity index (χ1) is 17.7. The molecule has 194 valence electrons. The zero-order valence-electron chi connectivity index (χ0n) is 20.7. The van der Waals surface area contributed by atoms with Crippen LogP contribution in [0, 0.1) is 13.8 Å². The normalized spacial score (nSPS) is 15.6. The molecule has 0 atom stereocenters. The molecule has 1 N–H and O–H groups in total. The van der Waals surface area contributed by atoms with Gasteiger partial charge in [-0.1, -0.05) is 29.8 Å². The average molecular weight is 542 g/mol. The lowest BCUT2D eigenvalue weighted by Crippen LogP contribution is -2.48. The Morgan fingerprint density at radius 1 is 0.946 bits per heavy atom. The second-order valence-corrected chi connectivity index (χ2v) is 11.4. The van der Waals surface area contributed by atoms with E-state index in [-0.39, 0.29) is 28.2 Å². The van der Waals surface area contributed by atoms with Crippen molar-refractivity contribution in [2.75, 3.05) is 37.7 Å². The van der Waals surface area contributed by atoms with E-state index in [4.69, 9.17) is 21.1 Å². The summed E-state index contributed by atoms with van der Waals surface area (Å²) in [5.41, 5.74) is 3.60. The molecule has 37 heavy (non-hydrogen) atoms. The van der Waals surface area contributed by atoms with Gasteiger partial charge in [0.05, 0.1) is 10.7 Å². The van der Waals surface area contributed by atoms with E-state index in [1.165, 1.54) is 12.1 Å². The molecule has 8 nitrogen and oxygen atoms in total. The van der Waals surface area contributed by atoms with Crippen molar-refractivity contribution in [2.45, 2.75) is 25.3 Å². The fourth-order valence-corrected chi connectivity index (χ4v) is 6.13. The minimum atomic E-state index is -4.00. The van der Waals surface area contributed by atoms with Gasteiger partial charge in [-0.3, -0.25) is 14.4 Å². The van der Waals surface area contributed by atoms with Gasteiger partial charge in [-0.25, -0.2) is 8.42 Å². The average Bonchev–Trinajstić information content (AvgIpc) is 3.34. The molecule has 1 fully saturated rings. The highest BCUT2D eigenvalue weighted by Crippen LogP contribution is 2.33. The van der Waals surface area contributed by atoms with Gasteiger partial charge in [0.15, 0.2) is 11.5 Å². The van der Waals surface area contributed by atoms with Crippen LogP contribution in [0.5, 0.6) is 11.5 Å². The van der Waals surface area contributed by atoms with Crippen molar-refractivity contribution in [1.29, 1.82) is 0 Å². The van der Waals surface area contributed by atoms with E-state index in [1.54, 1.807) is 17.0 Å². The molecule has 0 unspecified atom stereocenters. The highest BCUT2D eigenvalue weighted by atomic mass is 35.5. The Balaban J connectivity index is 1.25. The van der Waals surface area contributed by atoms with Crippen molar-refractivity contribution in [1.82, 2.24) is 9.80 Å². The molecular weight excluding hydrogens is 514 g/mol. The molecule has 0 aliphatic carbocycles. The third kappa shape index (κ3) is 5.53. The minimum absolute atomic E-state index is 0.0582. The second kappa shape index (κ2) is 10.2. The Morgan fingerprint density at radius 2 is 1.70 bits per heavy atom. The van der Waals surface area contributed by atoms with Crippen LogP contribution in [0.4, 0.5) is 5.69 Å². The monoisotopic (exact) mass is 541 g/mol. The molecule has 10 heteroatoms. The third-order valence-electron chi connectivity index (χ3n) is 6.61. The van der Waals surface area contributed by atoms with Crippen LogP contribution in [0.25, 0.3) is 0 Å². The molecule has 3 aromatic carbocycles. The SMILES string of the molecule is Cc1ccc(C)c(NS(=O)(=O)c2cc(C(=O)N3CCN(Cc4ccc5c(c4)OCO5)CC3)ccc2Cl)c1. The van der Waals surface area contributed by atoms with Gasteiger partial charge in [-0.05, 0) is 66.9 Å². The van der Waals surface area contributed by atoms with E-state index >= 15 is 0 Å². The Bertz CT molecular complexity index is 1450. The second-order valence-electron chi connectivity index (χ2n) is 9.33. The number of amides is 1. The van der Waals surface area contributed by atoms with Gasteiger partial charge in [-0.15, -0.1) is 0 Å². The smallest absolute Gasteiger partial charge is 0.263 e. The molecule has 1 amide bonds. The molecule has 0 aromatic heterocycles. The van der Waals surface area contributed by atoms with Crippen molar-refractivity contribution >= 4 is 33.2 Å². The number of fused-ring (bicyclic) bond motifs is 1. The predicted octanol–water partition coefficient (Wildman–Crippen LogP) is 4.44. The maximum atomic E-state index is 13.3. The standard InChI is InChI=1S/C27H28ClN3O5S/c1-18-3-4-19(2)23(13-18)29-37(33,34)26-15-21(6-7-22(26)28)27(32)31-11-9-30(10-12-31)16-20-5-8-24-25(14-20)36-17-35-24/h3-8,13-15,29H,9-12,16-17H2,1-2H3. The molecule has 5 rings (SSSR count). The van der Waals surface area contributed by atoms with E-state index in [9.17, 15) is 13.2 Å². The Hall–Kier alpha value is -3.27. The molecule has 1 saturated heterocycles. The maximum Gasteiger partial charge on any atom is 0.263 e. The number of carbonyl (C=O) groups excluding carboxylic acids is 1. The predicted molar refractivity (Wildman–Crippen MR) is 142 cm³/mol. The summed E-state index contributed by atoms with van der Waals surface area (Å²) in [6.45, 7) is 7.17. The van der Waals surface area contributed by atoms with Crippen LogP contribution in [0.2, 0.25) is 5.02 Å². The van der Waals surface area contributed by atoms with Crippen LogP contribution in [-0.2, 0) is 16.6 Å². The van der Waals surface area contributed by atoms with Gasteiger partial charge >= 0.3 is 0 Å². The van der Waals surface area contributed by atoms with Gasteiger partial charge in [0.1, 0.15) is 4.90 Å². The number of sulfonamides is 1. The summed E-state index contributed by atoms with van der Waals surface area (Å²) in [4.78, 5) is 17.2. The highest BCUT2D eigenvalue weighted by molar-refractivity contribution is 7.92. The molecule has 0 radical (unpaired) electrons. The first kappa shape index (κ1) is 25.4. The summed E-state index contributed by atoms with van der Waals surface area (Å²) in [5.74, 6) is 1.29. The van der Waals surface area contributed by atoms with Gasteiger partial charge in [-0.2, -0.15) is 0 Å². The third-order valence-corrected chi connectivity index (χ3v) is 8.45. The summed E-state index contributed by atoms with van der Waals surface area (Å²) >= 11 is 6.27. The van der Waals surface area contributed by atoms with Crippen molar-refractivity contribution in [3.63, 3.8) is 0 Å². The molecule has 0 saturated carbocycles. The maximum absolute atomic E-state index is 13.3. The number of benzene rings is 3. The number of aryl methyl sites for hydroxylation is 2. The van der Waals surface area contributed by atoms with Crippen molar-refractivity contribution in [2.24, 2.45) is 0 Å². The number of nitrogens with one attached hydrogen (secondary N) is 1. The first-order valence-electron chi connectivity index (χ1n) is 12.0. The number of ether oxygens (including phenoxy) is 2. The number of piperazine rings is 1. The van der Waals surface area contributed by atoms with E-state index in [0.717, 1.165) is 34.7 Å². The van der Waals surface area contributed by atoms with Crippen LogP contribution in [0.1, 0.15) is 27.0 Å². The molecule has 0 spiro atoms. The lowest BCUT2D eigenvalue weighted by atomic mass is 10.1. The summed E-state index contributed by atoms with van der Waals surface area (Å²) in [6, 6.07) is 15.8. The number of halogens is 1. The number of rotatable bonds is 6. The zero-order valence-corrected chi connectivity index (χ0v) is 22.2. The number of nitrogens with zero attached hydrogens (tertiary/aromatic N) is 2. The van der Waals surface area contributed by atoms with E-state index in [2.05, 4.69) is 9.62 Å². The van der Waals surface area contributed by atoms with Crippen LogP contribution in [-0.4, -0.2) is 57.1 Å². The molecule has 0 bridgehead atoms. The van der Waals surface area contributed by atoms with Gasteiger partial charge < -0.3 is 14.4 Å². The Kier molecular flexibility index (Phi) is 7.02. The van der Waals surface area contributed by atoms with Gasteiger partial charge in [0.25, 0.3) is 15.9 Å². The summed E-state index contributed by atoms with van der Waals surface area (Å²) in [6.07, 6.45) is 0. The summed E-state index contributed by atoms with van der Waals surface area (Å²) in [5, 5.41) is 0.0582.